The quantitative estimate of drug-likeness (QED) is 0.810. The number of aryl methyl sites for hydroxylation is 1. The topological polar surface area (TPSA) is 15.3 Å². The molecule has 1 unspecified atom stereocenters. The summed E-state index contributed by atoms with van der Waals surface area (Å²) in [6, 6.07) is 9.35. The van der Waals surface area contributed by atoms with Gasteiger partial charge in [-0.1, -0.05) is 17.7 Å². The third-order valence-electron chi connectivity index (χ3n) is 3.84. The summed E-state index contributed by atoms with van der Waals surface area (Å²) < 4.78 is 0. The van der Waals surface area contributed by atoms with Gasteiger partial charge in [0.15, 0.2) is 0 Å². The Morgan fingerprint density at radius 1 is 1.29 bits per heavy atom. The number of hydrogen-bond donors (Lipinski definition) is 1. The summed E-state index contributed by atoms with van der Waals surface area (Å²) in [4.78, 5) is 2.47. The van der Waals surface area contributed by atoms with E-state index in [9.17, 15) is 0 Å². The SMILES string of the molecule is Cc1ccc(NCCN(C)C(C)C2CC2)cc1. The zero-order valence-corrected chi connectivity index (χ0v) is 11.2. The second-order valence-electron chi connectivity index (χ2n) is 5.35. The Bertz CT molecular complexity index is 340. The molecule has 1 aliphatic rings. The molecule has 0 heterocycles. The van der Waals surface area contributed by atoms with Crippen LogP contribution < -0.4 is 5.32 Å². The fourth-order valence-corrected chi connectivity index (χ4v) is 2.19. The van der Waals surface area contributed by atoms with Crippen molar-refractivity contribution in [3.63, 3.8) is 0 Å². The van der Waals surface area contributed by atoms with E-state index >= 15 is 0 Å². The van der Waals surface area contributed by atoms with Crippen LogP contribution in [-0.2, 0) is 0 Å². The van der Waals surface area contributed by atoms with E-state index in [2.05, 4.69) is 55.4 Å². The van der Waals surface area contributed by atoms with Crippen molar-refractivity contribution in [3.05, 3.63) is 29.8 Å². The zero-order valence-electron chi connectivity index (χ0n) is 11.2. The number of hydrogen-bond acceptors (Lipinski definition) is 2. The lowest BCUT2D eigenvalue weighted by Crippen LogP contribution is -2.34. The minimum Gasteiger partial charge on any atom is -0.384 e. The van der Waals surface area contributed by atoms with Gasteiger partial charge >= 0.3 is 0 Å². The van der Waals surface area contributed by atoms with Crippen molar-refractivity contribution in [1.82, 2.24) is 4.90 Å². The molecule has 0 bridgehead atoms. The summed E-state index contributed by atoms with van der Waals surface area (Å²) in [5, 5.41) is 3.48. The Kier molecular flexibility index (Phi) is 4.06. The molecule has 1 saturated carbocycles. The predicted octanol–water partition coefficient (Wildman–Crippen LogP) is 3.14. The Labute approximate surface area is 105 Å². The number of anilines is 1. The molecule has 0 aliphatic heterocycles. The minimum atomic E-state index is 0.745. The number of benzene rings is 1. The Morgan fingerprint density at radius 2 is 1.94 bits per heavy atom. The van der Waals surface area contributed by atoms with Crippen molar-refractivity contribution in [2.24, 2.45) is 5.92 Å². The van der Waals surface area contributed by atoms with Crippen LogP contribution in [0.3, 0.4) is 0 Å². The van der Waals surface area contributed by atoms with Gasteiger partial charge < -0.3 is 10.2 Å². The first-order chi connectivity index (χ1) is 8.16. The van der Waals surface area contributed by atoms with E-state index < -0.39 is 0 Å². The summed E-state index contributed by atoms with van der Waals surface area (Å²) >= 11 is 0. The van der Waals surface area contributed by atoms with Crippen LogP contribution in [0.25, 0.3) is 0 Å². The lowest BCUT2D eigenvalue weighted by atomic mass is 10.2. The summed E-state index contributed by atoms with van der Waals surface area (Å²) in [6.45, 7) is 6.61. The van der Waals surface area contributed by atoms with E-state index in [1.165, 1.54) is 24.1 Å². The largest absolute Gasteiger partial charge is 0.384 e. The number of likely N-dealkylation sites (N-methyl/N-ethyl adjacent to an activating group) is 1. The third-order valence-corrected chi connectivity index (χ3v) is 3.84. The van der Waals surface area contributed by atoms with Crippen LogP contribution in [0.15, 0.2) is 24.3 Å². The van der Waals surface area contributed by atoms with Gasteiger partial charge in [-0.15, -0.1) is 0 Å². The van der Waals surface area contributed by atoms with Crippen molar-refractivity contribution in [1.29, 1.82) is 0 Å². The maximum Gasteiger partial charge on any atom is 0.0340 e. The zero-order chi connectivity index (χ0) is 12.3. The molecule has 0 saturated heterocycles. The second-order valence-corrected chi connectivity index (χ2v) is 5.35. The van der Waals surface area contributed by atoms with Crippen LogP contribution >= 0.6 is 0 Å². The monoisotopic (exact) mass is 232 g/mol. The molecule has 94 valence electrons. The number of rotatable bonds is 6. The highest BCUT2D eigenvalue weighted by molar-refractivity contribution is 5.44. The van der Waals surface area contributed by atoms with E-state index in [0.717, 1.165) is 25.0 Å². The lowest BCUT2D eigenvalue weighted by Gasteiger charge is -2.24. The van der Waals surface area contributed by atoms with Gasteiger partial charge in [-0.3, -0.25) is 0 Å². The molecule has 2 heteroatoms. The average molecular weight is 232 g/mol. The van der Waals surface area contributed by atoms with E-state index in [4.69, 9.17) is 0 Å². The summed E-state index contributed by atoms with van der Waals surface area (Å²) in [5.74, 6) is 0.958. The van der Waals surface area contributed by atoms with E-state index in [1.807, 2.05) is 0 Å². The van der Waals surface area contributed by atoms with Crippen molar-refractivity contribution < 1.29 is 0 Å². The second kappa shape index (κ2) is 5.54. The lowest BCUT2D eigenvalue weighted by molar-refractivity contribution is 0.243. The van der Waals surface area contributed by atoms with Crippen LogP contribution in [0.5, 0.6) is 0 Å². The molecule has 1 N–H and O–H groups in total. The van der Waals surface area contributed by atoms with Crippen LogP contribution in [0, 0.1) is 12.8 Å². The van der Waals surface area contributed by atoms with Crippen molar-refractivity contribution in [2.75, 3.05) is 25.5 Å². The molecular formula is C15H24N2. The molecular weight excluding hydrogens is 208 g/mol. The average Bonchev–Trinajstić information content (AvgIpc) is 3.14. The normalized spacial score (nSPS) is 17.2. The van der Waals surface area contributed by atoms with Gasteiger partial charge in [-0.05, 0) is 51.8 Å². The molecule has 1 aromatic carbocycles. The molecule has 1 aliphatic carbocycles. The standard InChI is InChI=1S/C15H24N2/c1-12-4-8-15(9-5-12)16-10-11-17(3)13(2)14-6-7-14/h4-5,8-9,13-14,16H,6-7,10-11H2,1-3H3. The first-order valence-corrected chi connectivity index (χ1v) is 6.67. The highest BCUT2D eigenvalue weighted by atomic mass is 15.1. The van der Waals surface area contributed by atoms with Crippen molar-refractivity contribution in [2.45, 2.75) is 32.7 Å². The molecule has 1 atom stereocenters. The van der Waals surface area contributed by atoms with Gasteiger partial charge in [0.25, 0.3) is 0 Å². The number of nitrogens with one attached hydrogen (secondary N) is 1. The summed E-state index contributed by atoms with van der Waals surface area (Å²) in [5.41, 5.74) is 2.54. The molecule has 2 rings (SSSR count). The maximum absolute atomic E-state index is 3.48. The van der Waals surface area contributed by atoms with Gasteiger partial charge in [0.1, 0.15) is 0 Å². The Hall–Kier alpha value is -1.02. The Balaban J connectivity index is 1.69. The van der Waals surface area contributed by atoms with Crippen molar-refractivity contribution >= 4 is 5.69 Å². The number of nitrogens with zero attached hydrogens (tertiary/aromatic N) is 1. The molecule has 0 spiro atoms. The smallest absolute Gasteiger partial charge is 0.0340 e. The minimum absolute atomic E-state index is 0.745. The predicted molar refractivity (Wildman–Crippen MR) is 74.5 cm³/mol. The third kappa shape index (κ3) is 3.74. The van der Waals surface area contributed by atoms with Crippen molar-refractivity contribution in [3.8, 4) is 0 Å². The molecule has 0 radical (unpaired) electrons. The highest BCUT2D eigenvalue weighted by Gasteiger charge is 2.29. The molecule has 0 amide bonds. The Morgan fingerprint density at radius 3 is 2.53 bits per heavy atom. The van der Waals surface area contributed by atoms with Gasteiger partial charge in [-0.2, -0.15) is 0 Å². The first-order valence-electron chi connectivity index (χ1n) is 6.67. The fourth-order valence-electron chi connectivity index (χ4n) is 2.19. The van der Waals surface area contributed by atoms with Crippen LogP contribution in [0.2, 0.25) is 0 Å². The molecule has 1 aromatic rings. The summed E-state index contributed by atoms with van der Waals surface area (Å²) in [7, 11) is 2.24. The van der Waals surface area contributed by atoms with Crippen LogP contribution in [-0.4, -0.2) is 31.1 Å². The highest BCUT2D eigenvalue weighted by Crippen LogP contribution is 2.34. The molecule has 1 fully saturated rings. The van der Waals surface area contributed by atoms with E-state index in [1.54, 1.807) is 0 Å². The van der Waals surface area contributed by atoms with E-state index in [0.29, 0.717) is 0 Å². The van der Waals surface area contributed by atoms with E-state index in [-0.39, 0.29) is 0 Å². The van der Waals surface area contributed by atoms with Gasteiger partial charge in [0.2, 0.25) is 0 Å². The molecule has 17 heavy (non-hydrogen) atoms. The molecule has 0 aromatic heterocycles. The van der Waals surface area contributed by atoms with Gasteiger partial charge in [0.05, 0.1) is 0 Å². The van der Waals surface area contributed by atoms with Crippen LogP contribution in [0.4, 0.5) is 5.69 Å². The van der Waals surface area contributed by atoms with Crippen LogP contribution in [0.1, 0.15) is 25.3 Å². The van der Waals surface area contributed by atoms with Gasteiger partial charge in [0, 0.05) is 24.8 Å². The first kappa shape index (κ1) is 12.4. The summed E-state index contributed by atoms with van der Waals surface area (Å²) in [6.07, 6.45) is 2.85. The van der Waals surface area contributed by atoms with Gasteiger partial charge in [-0.25, -0.2) is 0 Å². The molecule has 2 nitrogen and oxygen atoms in total. The fraction of sp³-hybridized carbons (Fsp3) is 0.600. The maximum atomic E-state index is 3.48.